The Morgan fingerprint density at radius 2 is 1.39 bits per heavy atom. The maximum absolute atomic E-state index is 12.7. The number of carbonyl (C=O) groups is 1. The normalized spacial score (nSPS) is 13.0. The lowest BCUT2D eigenvalue weighted by Crippen LogP contribution is -2.20. The number of rotatable bonds is 6. The van der Waals surface area contributed by atoms with Crippen molar-refractivity contribution in [3.05, 3.63) is 96.8 Å². The predicted molar refractivity (Wildman–Crippen MR) is 130 cm³/mol. The number of aromatic nitrogens is 2. The first-order valence-corrected chi connectivity index (χ1v) is 11.1. The highest BCUT2D eigenvalue weighted by Gasteiger charge is 2.14. The first-order valence-electron chi connectivity index (χ1n) is 11.1. The molecule has 0 saturated carbocycles. The Hall–Kier alpha value is -4.19. The lowest BCUT2D eigenvalue weighted by Gasteiger charge is -2.14. The summed E-state index contributed by atoms with van der Waals surface area (Å²) in [5.41, 5.74) is 3.19. The van der Waals surface area contributed by atoms with Crippen LogP contribution in [0.3, 0.4) is 0 Å². The maximum atomic E-state index is 12.7. The van der Waals surface area contributed by atoms with Gasteiger partial charge in [-0.3, -0.25) is 4.79 Å². The third-order valence-corrected chi connectivity index (χ3v) is 5.60. The van der Waals surface area contributed by atoms with Crippen molar-refractivity contribution >= 4 is 17.5 Å². The van der Waals surface area contributed by atoms with Crippen molar-refractivity contribution in [2.24, 2.45) is 0 Å². The molecule has 5 rings (SSSR count). The van der Waals surface area contributed by atoms with Crippen molar-refractivity contribution in [3.63, 3.8) is 0 Å². The van der Waals surface area contributed by atoms with E-state index in [0.717, 1.165) is 35.9 Å². The molecule has 1 saturated heterocycles. The zero-order valence-corrected chi connectivity index (χ0v) is 18.1. The van der Waals surface area contributed by atoms with Crippen LogP contribution in [0.25, 0.3) is 11.1 Å². The fourth-order valence-electron chi connectivity index (χ4n) is 3.80. The van der Waals surface area contributed by atoms with Gasteiger partial charge in [-0.25, -0.2) is 9.97 Å². The first-order chi connectivity index (χ1) is 16.2. The molecule has 0 spiro atoms. The molecule has 1 aliphatic rings. The first kappa shape index (κ1) is 20.7. The van der Waals surface area contributed by atoms with E-state index >= 15 is 0 Å². The second-order valence-electron chi connectivity index (χ2n) is 7.94. The minimum absolute atomic E-state index is 0.168. The van der Waals surface area contributed by atoms with E-state index in [2.05, 4.69) is 20.2 Å². The zero-order valence-electron chi connectivity index (χ0n) is 18.1. The molecule has 0 bridgehead atoms. The Kier molecular flexibility index (Phi) is 5.97. The molecule has 0 radical (unpaired) electrons. The summed E-state index contributed by atoms with van der Waals surface area (Å²) in [5, 5.41) is 2.92. The molecule has 2 heterocycles. The van der Waals surface area contributed by atoms with Gasteiger partial charge < -0.3 is 15.0 Å². The molecule has 1 amide bonds. The monoisotopic (exact) mass is 436 g/mol. The van der Waals surface area contributed by atoms with E-state index in [9.17, 15) is 4.79 Å². The van der Waals surface area contributed by atoms with Crippen LogP contribution in [-0.2, 0) is 0 Å². The van der Waals surface area contributed by atoms with Gasteiger partial charge in [-0.1, -0.05) is 30.3 Å². The molecule has 6 nitrogen and oxygen atoms in total. The van der Waals surface area contributed by atoms with E-state index in [0.29, 0.717) is 17.0 Å². The number of hydrogen-bond donors (Lipinski definition) is 1. The van der Waals surface area contributed by atoms with E-state index in [4.69, 9.17) is 4.74 Å². The van der Waals surface area contributed by atoms with Gasteiger partial charge in [-0.15, -0.1) is 0 Å². The Morgan fingerprint density at radius 3 is 2.06 bits per heavy atom. The number of ether oxygens (including phenoxy) is 1. The number of carbonyl (C=O) groups excluding carboxylic acids is 1. The van der Waals surface area contributed by atoms with Crippen LogP contribution in [0.2, 0.25) is 0 Å². The number of amides is 1. The Labute approximate surface area is 192 Å². The second kappa shape index (κ2) is 9.53. The molecule has 3 aromatic carbocycles. The number of benzene rings is 3. The lowest BCUT2D eigenvalue weighted by atomic mass is 10.1. The van der Waals surface area contributed by atoms with Crippen LogP contribution >= 0.6 is 0 Å². The van der Waals surface area contributed by atoms with Crippen molar-refractivity contribution in [3.8, 4) is 22.6 Å². The SMILES string of the molecule is O=C(Nc1ccc(Oc2ccccc2)cc1)c1ccc(-c2cnc(N3CCCC3)nc2)cc1. The maximum Gasteiger partial charge on any atom is 0.255 e. The van der Waals surface area contributed by atoms with Gasteiger partial charge in [0.1, 0.15) is 11.5 Å². The van der Waals surface area contributed by atoms with Crippen LogP contribution < -0.4 is 15.0 Å². The predicted octanol–water partition coefficient (Wildman–Crippen LogP) is 5.79. The topological polar surface area (TPSA) is 67.3 Å². The fraction of sp³-hybridized carbons (Fsp3) is 0.148. The van der Waals surface area contributed by atoms with Crippen molar-refractivity contribution < 1.29 is 9.53 Å². The number of hydrogen-bond acceptors (Lipinski definition) is 5. The summed E-state index contributed by atoms with van der Waals surface area (Å²) in [6.45, 7) is 2.04. The van der Waals surface area contributed by atoms with Gasteiger partial charge in [0.05, 0.1) is 0 Å². The van der Waals surface area contributed by atoms with Gasteiger partial charge in [0, 0.05) is 42.3 Å². The van der Waals surface area contributed by atoms with Crippen LogP contribution in [-0.4, -0.2) is 29.0 Å². The molecule has 1 aromatic heterocycles. The molecule has 6 heteroatoms. The average Bonchev–Trinajstić information content (AvgIpc) is 3.41. The Bertz CT molecular complexity index is 1200. The average molecular weight is 437 g/mol. The van der Waals surface area contributed by atoms with Crippen molar-refractivity contribution in [2.75, 3.05) is 23.3 Å². The Morgan fingerprint density at radius 1 is 0.758 bits per heavy atom. The van der Waals surface area contributed by atoms with Crippen LogP contribution in [0.1, 0.15) is 23.2 Å². The van der Waals surface area contributed by atoms with E-state index in [1.165, 1.54) is 12.8 Å². The number of para-hydroxylation sites is 1. The molecule has 0 atom stereocenters. The summed E-state index contributed by atoms with van der Waals surface area (Å²) >= 11 is 0. The summed E-state index contributed by atoms with van der Waals surface area (Å²) < 4.78 is 5.79. The minimum Gasteiger partial charge on any atom is -0.457 e. The molecule has 1 fully saturated rings. The standard InChI is InChI=1S/C27H24N4O2/c32-26(30-23-12-14-25(15-13-23)33-24-6-2-1-3-7-24)21-10-8-20(9-11-21)22-18-28-27(29-19-22)31-16-4-5-17-31/h1-3,6-15,18-19H,4-5,16-17H2,(H,30,32). The highest BCUT2D eigenvalue weighted by atomic mass is 16.5. The molecule has 0 aliphatic carbocycles. The fourth-order valence-corrected chi connectivity index (χ4v) is 3.80. The van der Waals surface area contributed by atoms with Gasteiger partial charge in [-0.05, 0) is 66.9 Å². The highest BCUT2D eigenvalue weighted by Crippen LogP contribution is 2.24. The molecule has 164 valence electrons. The second-order valence-corrected chi connectivity index (χ2v) is 7.94. The number of nitrogens with one attached hydrogen (secondary N) is 1. The van der Waals surface area contributed by atoms with Gasteiger partial charge in [0.25, 0.3) is 5.91 Å². The molecule has 4 aromatic rings. The van der Waals surface area contributed by atoms with Crippen LogP contribution in [0, 0.1) is 0 Å². The minimum atomic E-state index is -0.168. The Balaban J connectivity index is 1.20. The molecule has 1 aliphatic heterocycles. The molecule has 0 unspecified atom stereocenters. The van der Waals surface area contributed by atoms with E-state index in [1.54, 1.807) is 0 Å². The van der Waals surface area contributed by atoms with Crippen molar-refractivity contribution in [1.82, 2.24) is 9.97 Å². The summed E-state index contributed by atoms with van der Waals surface area (Å²) in [6.07, 6.45) is 6.07. The highest BCUT2D eigenvalue weighted by molar-refractivity contribution is 6.04. The smallest absolute Gasteiger partial charge is 0.255 e. The van der Waals surface area contributed by atoms with Crippen LogP contribution in [0.5, 0.6) is 11.5 Å². The largest absolute Gasteiger partial charge is 0.457 e. The molecular weight excluding hydrogens is 412 g/mol. The van der Waals surface area contributed by atoms with E-state index in [1.807, 2.05) is 91.3 Å². The van der Waals surface area contributed by atoms with Crippen molar-refractivity contribution in [1.29, 1.82) is 0 Å². The summed E-state index contributed by atoms with van der Waals surface area (Å²) in [5.74, 6) is 2.10. The van der Waals surface area contributed by atoms with Gasteiger partial charge in [-0.2, -0.15) is 0 Å². The third-order valence-electron chi connectivity index (χ3n) is 5.60. The van der Waals surface area contributed by atoms with E-state index in [-0.39, 0.29) is 5.91 Å². The number of anilines is 2. The molecular formula is C27H24N4O2. The lowest BCUT2D eigenvalue weighted by molar-refractivity contribution is 0.102. The van der Waals surface area contributed by atoms with Gasteiger partial charge >= 0.3 is 0 Å². The van der Waals surface area contributed by atoms with Crippen molar-refractivity contribution in [2.45, 2.75) is 12.8 Å². The number of nitrogens with zero attached hydrogens (tertiary/aromatic N) is 3. The van der Waals surface area contributed by atoms with Crippen LogP contribution in [0.15, 0.2) is 91.3 Å². The summed E-state index contributed by atoms with van der Waals surface area (Å²) in [7, 11) is 0. The zero-order chi connectivity index (χ0) is 22.5. The molecule has 1 N–H and O–H groups in total. The molecule has 33 heavy (non-hydrogen) atoms. The van der Waals surface area contributed by atoms with Gasteiger partial charge in [0.2, 0.25) is 5.95 Å². The van der Waals surface area contributed by atoms with Crippen LogP contribution in [0.4, 0.5) is 11.6 Å². The van der Waals surface area contributed by atoms with E-state index < -0.39 is 0 Å². The summed E-state index contributed by atoms with van der Waals surface area (Å²) in [6, 6.07) is 24.3. The summed E-state index contributed by atoms with van der Waals surface area (Å²) in [4.78, 5) is 23.9. The van der Waals surface area contributed by atoms with Gasteiger partial charge in [0.15, 0.2) is 0 Å². The quantitative estimate of drug-likeness (QED) is 0.414. The third kappa shape index (κ3) is 5.01.